The van der Waals surface area contributed by atoms with Crippen LogP contribution in [0.15, 0.2) is 37.1 Å². The van der Waals surface area contributed by atoms with E-state index in [1.807, 2.05) is 19.1 Å². The Bertz CT molecular complexity index is 1050. The summed E-state index contributed by atoms with van der Waals surface area (Å²) in [5.41, 5.74) is 5.70. The van der Waals surface area contributed by atoms with E-state index >= 15 is 0 Å². The normalized spacial score (nSPS) is 11.1. The van der Waals surface area contributed by atoms with Gasteiger partial charge in [-0.05, 0) is 65.6 Å². The molecule has 6 heteroatoms. The molecule has 0 aliphatic rings. The van der Waals surface area contributed by atoms with Gasteiger partial charge in [0, 0.05) is 22.2 Å². The highest BCUT2D eigenvalue weighted by atomic mass is 127. The highest BCUT2D eigenvalue weighted by molar-refractivity contribution is 14.1. The van der Waals surface area contributed by atoms with Gasteiger partial charge in [-0.1, -0.05) is 32.6 Å². The van der Waals surface area contributed by atoms with Gasteiger partial charge >= 0.3 is 0 Å². The van der Waals surface area contributed by atoms with Crippen molar-refractivity contribution in [2.24, 2.45) is 5.92 Å². The van der Waals surface area contributed by atoms with Crippen LogP contribution >= 0.6 is 22.6 Å². The second kappa shape index (κ2) is 8.34. The van der Waals surface area contributed by atoms with Crippen LogP contribution in [0.5, 0.6) is 5.75 Å². The number of rotatable bonds is 6. The summed E-state index contributed by atoms with van der Waals surface area (Å²) in [6.45, 7) is 12.4. The number of carbonyl (C=O) groups excluding carboxylic acids is 1. The molecule has 146 valence electrons. The van der Waals surface area contributed by atoms with Crippen molar-refractivity contribution in [1.29, 1.82) is 0 Å². The number of hydrogen-bond donors (Lipinski definition) is 2. The Morgan fingerprint density at radius 3 is 2.82 bits per heavy atom. The Balaban J connectivity index is 2.13. The third-order valence-electron chi connectivity index (χ3n) is 4.53. The summed E-state index contributed by atoms with van der Waals surface area (Å²) in [6, 6.07) is 6.05. The Labute approximate surface area is 178 Å². The number of hydrogen-bond acceptors (Lipinski definition) is 3. The number of aryl methyl sites for hydroxylation is 2. The lowest BCUT2D eigenvalue weighted by molar-refractivity contribution is -0.111. The van der Waals surface area contributed by atoms with Gasteiger partial charge in [0.05, 0.1) is 16.5 Å². The molecule has 0 radical (unpaired) electrons. The fraction of sp³-hybridized carbons (Fsp3) is 0.273. The zero-order valence-corrected chi connectivity index (χ0v) is 18.7. The fourth-order valence-electron chi connectivity index (χ4n) is 3.03. The van der Waals surface area contributed by atoms with Crippen LogP contribution in [-0.4, -0.2) is 22.5 Å². The van der Waals surface area contributed by atoms with E-state index in [2.05, 4.69) is 71.3 Å². The van der Waals surface area contributed by atoms with Crippen LogP contribution in [0.1, 0.15) is 25.0 Å². The van der Waals surface area contributed by atoms with E-state index < -0.39 is 0 Å². The molecule has 0 spiro atoms. The van der Waals surface area contributed by atoms with Crippen LogP contribution in [0, 0.1) is 23.5 Å². The second-order valence-corrected chi connectivity index (χ2v) is 8.29. The number of carbonyl (C=O) groups is 1. The highest BCUT2D eigenvalue weighted by Crippen LogP contribution is 2.38. The average molecular weight is 489 g/mol. The molecule has 0 saturated heterocycles. The smallest absolute Gasteiger partial charge is 0.247 e. The third kappa shape index (κ3) is 4.06. The molecule has 2 N–H and O–H groups in total. The second-order valence-electron chi connectivity index (χ2n) is 7.21. The highest BCUT2D eigenvalue weighted by Gasteiger charge is 2.18. The summed E-state index contributed by atoms with van der Waals surface area (Å²) in [5.74, 6) is 1.01. The quantitative estimate of drug-likeness (QED) is 0.350. The first-order valence-electron chi connectivity index (χ1n) is 9.15. The molecule has 2 aromatic heterocycles. The lowest BCUT2D eigenvalue weighted by Gasteiger charge is -2.13. The van der Waals surface area contributed by atoms with Crippen molar-refractivity contribution in [3.05, 3.63) is 51.9 Å². The molecule has 28 heavy (non-hydrogen) atoms. The lowest BCUT2D eigenvalue weighted by atomic mass is 10.0. The number of benzene rings is 1. The number of nitrogens with zero attached hydrogens (tertiary/aromatic N) is 1. The Hall–Kier alpha value is -2.35. The molecule has 3 aromatic rings. The van der Waals surface area contributed by atoms with Crippen LogP contribution in [0.3, 0.4) is 0 Å². The number of aromatic amines is 1. The minimum atomic E-state index is -0.226. The van der Waals surface area contributed by atoms with Gasteiger partial charge in [-0.3, -0.25) is 4.79 Å². The van der Waals surface area contributed by atoms with Crippen molar-refractivity contribution in [3.63, 3.8) is 0 Å². The predicted octanol–water partition coefficient (Wildman–Crippen LogP) is 5.61. The molecule has 1 aromatic carbocycles. The molecule has 2 heterocycles. The van der Waals surface area contributed by atoms with Gasteiger partial charge in [0.1, 0.15) is 11.4 Å². The van der Waals surface area contributed by atoms with Gasteiger partial charge in [0.2, 0.25) is 5.91 Å². The van der Waals surface area contributed by atoms with Crippen LogP contribution < -0.4 is 10.1 Å². The van der Waals surface area contributed by atoms with E-state index in [1.54, 1.807) is 6.20 Å². The summed E-state index contributed by atoms with van der Waals surface area (Å²) >= 11 is 2.29. The number of aromatic nitrogens is 2. The van der Waals surface area contributed by atoms with Gasteiger partial charge < -0.3 is 15.0 Å². The topological polar surface area (TPSA) is 67.0 Å². The fourth-order valence-corrected chi connectivity index (χ4v) is 3.87. The van der Waals surface area contributed by atoms with Crippen molar-refractivity contribution in [2.75, 3.05) is 11.9 Å². The molecule has 0 fully saturated rings. The van der Waals surface area contributed by atoms with Crippen molar-refractivity contribution in [3.8, 4) is 16.9 Å². The molecule has 5 nitrogen and oxygen atoms in total. The number of halogens is 1. The lowest BCUT2D eigenvalue weighted by Crippen LogP contribution is -2.08. The summed E-state index contributed by atoms with van der Waals surface area (Å²) in [4.78, 5) is 19.7. The molecule has 0 aliphatic heterocycles. The SMILES string of the molecule is C=CC(=O)Nc1cc(-c2c(I)[nH]c3ncc(OCC(C)C)c(C)c23)ccc1C. The van der Waals surface area contributed by atoms with Crippen molar-refractivity contribution in [2.45, 2.75) is 27.7 Å². The number of fused-ring (bicyclic) bond motifs is 1. The monoisotopic (exact) mass is 489 g/mol. The van der Waals surface area contributed by atoms with E-state index in [0.717, 1.165) is 48.4 Å². The number of anilines is 1. The van der Waals surface area contributed by atoms with E-state index in [0.29, 0.717) is 12.5 Å². The van der Waals surface area contributed by atoms with Crippen LogP contribution in [0.25, 0.3) is 22.2 Å². The molecule has 0 bridgehead atoms. The van der Waals surface area contributed by atoms with E-state index in [4.69, 9.17) is 4.74 Å². The molecule has 0 saturated carbocycles. The van der Waals surface area contributed by atoms with E-state index in [1.165, 1.54) is 6.08 Å². The first-order valence-corrected chi connectivity index (χ1v) is 10.2. The maximum atomic E-state index is 11.8. The zero-order valence-electron chi connectivity index (χ0n) is 16.5. The van der Waals surface area contributed by atoms with Crippen molar-refractivity contribution in [1.82, 2.24) is 9.97 Å². The molecular weight excluding hydrogens is 465 g/mol. The minimum absolute atomic E-state index is 0.226. The van der Waals surface area contributed by atoms with Gasteiger partial charge in [-0.2, -0.15) is 0 Å². The third-order valence-corrected chi connectivity index (χ3v) is 5.34. The van der Waals surface area contributed by atoms with Crippen molar-refractivity contribution >= 4 is 45.2 Å². The standard InChI is InChI=1S/C22H24IN3O2/c1-6-18(27)25-16-9-15(8-7-13(16)4)20-19-14(5)17(28-11-12(2)3)10-24-22(19)26-21(20)23/h6-10,12H,1,11H2,2-5H3,(H,24,26)(H,25,27). The zero-order chi connectivity index (χ0) is 20.4. The summed E-state index contributed by atoms with van der Waals surface area (Å²) in [6.07, 6.45) is 3.05. The first-order chi connectivity index (χ1) is 13.3. The first kappa shape index (κ1) is 20.4. The van der Waals surface area contributed by atoms with Crippen LogP contribution in [0.4, 0.5) is 5.69 Å². The minimum Gasteiger partial charge on any atom is -0.491 e. The van der Waals surface area contributed by atoms with E-state index in [-0.39, 0.29) is 5.91 Å². The summed E-state index contributed by atoms with van der Waals surface area (Å²) < 4.78 is 6.96. The van der Waals surface area contributed by atoms with Crippen LogP contribution in [-0.2, 0) is 4.79 Å². The molecule has 3 rings (SSSR count). The van der Waals surface area contributed by atoms with Crippen molar-refractivity contribution < 1.29 is 9.53 Å². The molecule has 0 aliphatic carbocycles. The van der Waals surface area contributed by atoms with E-state index in [9.17, 15) is 4.79 Å². The summed E-state index contributed by atoms with van der Waals surface area (Å²) in [5, 5.41) is 3.92. The Morgan fingerprint density at radius 2 is 2.14 bits per heavy atom. The number of nitrogens with one attached hydrogen (secondary N) is 2. The number of amides is 1. The average Bonchev–Trinajstić information content (AvgIpc) is 2.99. The number of pyridine rings is 1. The maximum Gasteiger partial charge on any atom is 0.247 e. The van der Waals surface area contributed by atoms with Gasteiger partial charge in [0.25, 0.3) is 0 Å². The Kier molecular flexibility index (Phi) is 6.07. The van der Waals surface area contributed by atoms with Gasteiger partial charge in [-0.15, -0.1) is 0 Å². The molecule has 1 amide bonds. The number of ether oxygens (including phenoxy) is 1. The molecule has 0 atom stereocenters. The molecule has 0 unspecified atom stereocenters. The van der Waals surface area contributed by atoms with Gasteiger partial charge in [-0.25, -0.2) is 4.98 Å². The largest absolute Gasteiger partial charge is 0.491 e. The molecular formula is C22H24IN3O2. The maximum absolute atomic E-state index is 11.8. The summed E-state index contributed by atoms with van der Waals surface area (Å²) in [7, 11) is 0. The Morgan fingerprint density at radius 1 is 1.39 bits per heavy atom. The predicted molar refractivity (Wildman–Crippen MR) is 123 cm³/mol. The van der Waals surface area contributed by atoms with Crippen LogP contribution in [0.2, 0.25) is 0 Å². The van der Waals surface area contributed by atoms with Gasteiger partial charge in [0.15, 0.2) is 0 Å². The number of H-pyrrole nitrogens is 1.